The Morgan fingerprint density at radius 3 is 2.57 bits per heavy atom. The summed E-state index contributed by atoms with van der Waals surface area (Å²) in [4.78, 5) is 28.9. The fourth-order valence-corrected chi connectivity index (χ4v) is 3.34. The largest absolute Gasteiger partial charge is 0.444 e. The number of aliphatic hydroxyl groups is 1. The van der Waals surface area contributed by atoms with E-state index in [-0.39, 0.29) is 12.6 Å². The lowest BCUT2D eigenvalue weighted by Crippen LogP contribution is -2.50. The van der Waals surface area contributed by atoms with E-state index >= 15 is 0 Å². The average Bonchev–Trinajstić information content (AvgIpc) is 3.08. The molecule has 8 nitrogen and oxygen atoms in total. The summed E-state index contributed by atoms with van der Waals surface area (Å²) in [6.45, 7) is 7.21. The zero-order chi connectivity index (χ0) is 22.1. The minimum atomic E-state index is -1.22. The van der Waals surface area contributed by atoms with Gasteiger partial charge in [-0.1, -0.05) is 5.92 Å². The molecular weight excluding hydrogens is 393 g/mol. The number of carbonyl (C=O) groups excluding carboxylic acids is 2. The van der Waals surface area contributed by atoms with Crippen molar-refractivity contribution >= 4 is 23.6 Å². The molecule has 1 aromatic carbocycles. The first-order valence-electron chi connectivity index (χ1n) is 9.74. The van der Waals surface area contributed by atoms with Crippen LogP contribution in [0.3, 0.4) is 0 Å². The molecule has 2 aliphatic rings. The number of benzene rings is 1. The molecule has 2 atom stereocenters. The number of carbonyl (C=O) groups is 2. The van der Waals surface area contributed by atoms with Gasteiger partial charge in [-0.05, 0) is 39.0 Å². The standard InChI is InChI=1S/C21H26FN3O5/c1-5-17(26)18-13-25(20(28)29-18)14-6-7-16(15(22)12-14)23-8-10-24(11-9-23)19(27)30-21(2,3)4/h1,6-7,12,17-18,26H,8-11,13H2,2-4H3/t17?,18-/m1/s1. The summed E-state index contributed by atoms with van der Waals surface area (Å²) in [5.74, 6) is 1.63. The Kier molecular flexibility index (Phi) is 6.08. The predicted molar refractivity (Wildman–Crippen MR) is 109 cm³/mol. The van der Waals surface area contributed by atoms with E-state index < -0.39 is 29.7 Å². The Bertz CT molecular complexity index is 855. The molecule has 0 aromatic heterocycles. The quantitative estimate of drug-likeness (QED) is 0.757. The summed E-state index contributed by atoms with van der Waals surface area (Å²) in [5, 5.41) is 9.67. The highest BCUT2D eigenvalue weighted by Crippen LogP contribution is 2.29. The van der Waals surface area contributed by atoms with Gasteiger partial charge in [0.25, 0.3) is 0 Å². The van der Waals surface area contributed by atoms with Gasteiger partial charge in [0.05, 0.1) is 17.9 Å². The molecule has 1 N–H and O–H groups in total. The van der Waals surface area contributed by atoms with Crippen LogP contribution < -0.4 is 9.80 Å². The molecule has 0 spiro atoms. The van der Waals surface area contributed by atoms with Crippen LogP contribution in [0.1, 0.15) is 20.8 Å². The van der Waals surface area contributed by atoms with E-state index in [0.29, 0.717) is 37.6 Å². The first-order chi connectivity index (χ1) is 14.1. The summed E-state index contributed by atoms with van der Waals surface area (Å²) in [5.41, 5.74) is 0.137. The number of ether oxygens (including phenoxy) is 2. The van der Waals surface area contributed by atoms with Crippen molar-refractivity contribution in [3.8, 4) is 12.3 Å². The highest BCUT2D eigenvalue weighted by atomic mass is 19.1. The van der Waals surface area contributed by atoms with Crippen molar-refractivity contribution in [2.24, 2.45) is 0 Å². The van der Waals surface area contributed by atoms with Gasteiger partial charge in [-0.15, -0.1) is 6.42 Å². The Balaban J connectivity index is 1.64. The molecule has 3 rings (SSSR count). The van der Waals surface area contributed by atoms with Gasteiger partial charge in [-0.2, -0.15) is 0 Å². The van der Waals surface area contributed by atoms with E-state index in [2.05, 4.69) is 5.92 Å². The van der Waals surface area contributed by atoms with Crippen molar-refractivity contribution in [3.05, 3.63) is 24.0 Å². The van der Waals surface area contributed by atoms with Gasteiger partial charge in [-0.25, -0.2) is 14.0 Å². The normalized spacial score (nSPS) is 20.6. The molecule has 2 amide bonds. The van der Waals surface area contributed by atoms with Crippen LogP contribution in [-0.2, 0) is 9.47 Å². The minimum absolute atomic E-state index is 0.0392. The van der Waals surface area contributed by atoms with E-state index in [1.54, 1.807) is 17.0 Å². The van der Waals surface area contributed by atoms with Crippen molar-refractivity contribution in [1.29, 1.82) is 0 Å². The zero-order valence-corrected chi connectivity index (χ0v) is 17.3. The third-order valence-corrected chi connectivity index (χ3v) is 4.87. The number of hydrogen-bond acceptors (Lipinski definition) is 6. The van der Waals surface area contributed by atoms with Crippen LogP contribution in [0.25, 0.3) is 0 Å². The number of nitrogens with zero attached hydrogens (tertiary/aromatic N) is 3. The number of amides is 2. The molecule has 2 saturated heterocycles. The lowest BCUT2D eigenvalue weighted by atomic mass is 10.2. The maximum atomic E-state index is 14.8. The van der Waals surface area contributed by atoms with Gasteiger partial charge in [0, 0.05) is 26.2 Å². The molecule has 2 fully saturated rings. The minimum Gasteiger partial charge on any atom is -0.444 e. The molecule has 1 unspecified atom stereocenters. The number of terminal acetylenes is 1. The number of hydrogen-bond donors (Lipinski definition) is 1. The molecule has 0 aliphatic carbocycles. The van der Waals surface area contributed by atoms with Crippen molar-refractivity contribution in [1.82, 2.24) is 4.90 Å². The second-order valence-electron chi connectivity index (χ2n) is 8.23. The highest BCUT2D eigenvalue weighted by molar-refractivity contribution is 5.90. The predicted octanol–water partition coefficient (Wildman–Crippen LogP) is 2.20. The van der Waals surface area contributed by atoms with Crippen molar-refractivity contribution < 1.29 is 28.6 Å². The van der Waals surface area contributed by atoms with Gasteiger partial charge in [0.15, 0.2) is 12.2 Å². The second-order valence-corrected chi connectivity index (χ2v) is 8.23. The van der Waals surface area contributed by atoms with Crippen LogP contribution in [-0.4, -0.2) is 72.7 Å². The molecule has 1 aromatic rings. The van der Waals surface area contributed by atoms with Crippen LogP contribution in [0.15, 0.2) is 18.2 Å². The number of anilines is 2. The molecule has 9 heteroatoms. The summed E-state index contributed by atoms with van der Waals surface area (Å²) >= 11 is 0. The molecule has 2 aliphatic heterocycles. The third-order valence-electron chi connectivity index (χ3n) is 4.87. The number of rotatable bonds is 3. The van der Waals surface area contributed by atoms with E-state index in [1.165, 1.54) is 11.0 Å². The van der Waals surface area contributed by atoms with E-state index in [9.17, 15) is 19.1 Å². The molecule has 0 saturated carbocycles. The van der Waals surface area contributed by atoms with Crippen molar-refractivity contribution in [2.45, 2.75) is 38.6 Å². The van der Waals surface area contributed by atoms with Gasteiger partial charge in [0.1, 0.15) is 11.4 Å². The molecule has 162 valence electrons. The smallest absolute Gasteiger partial charge is 0.414 e. The molecule has 2 heterocycles. The van der Waals surface area contributed by atoms with Crippen LogP contribution in [0.4, 0.5) is 25.4 Å². The lowest BCUT2D eigenvalue weighted by molar-refractivity contribution is 0.0240. The molecule has 0 radical (unpaired) electrons. The first-order valence-corrected chi connectivity index (χ1v) is 9.74. The summed E-state index contributed by atoms with van der Waals surface area (Å²) in [6, 6.07) is 4.46. The first kappa shape index (κ1) is 21.7. The van der Waals surface area contributed by atoms with Crippen LogP contribution in [0.5, 0.6) is 0 Å². The highest BCUT2D eigenvalue weighted by Gasteiger charge is 2.36. The number of cyclic esters (lactones) is 1. The third kappa shape index (κ3) is 4.76. The van der Waals surface area contributed by atoms with Gasteiger partial charge in [-0.3, -0.25) is 4.90 Å². The van der Waals surface area contributed by atoms with Gasteiger partial charge in [0.2, 0.25) is 0 Å². The zero-order valence-electron chi connectivity index (χ0n) is 17.3. The Hall–Kier alpha value is -2.99. The van der Waals surface area contributed by atoms with Crippen LogP contribution in [0.2, 0.25) is 0 Å². The Morgan fingerprint density at radius 1 is 1.33 bits per heavy atom. The summed E-state index contributed by atoms with van der Waals surface area (Å²) in [6.07, 6.45) is 2.02. The molecule has 30 heavy (non-hydrogen) atoms. The fourth-order valence-electron chi connectivity index (χ4n) is 3.34. The van der Waals surface area contributed by atoms with E-state index in [1.807, 2.05) is 25.7 Å². The average molecular weight is 419 g/mol. The second kappa shape index (κ2) is 8.40. The Labute approximate surface area is 175 Å². The SMILES string of the molecule is C#CC(O)[C@H]1CN(c2ccc(N3CCN(C(=O)OC(C)(C)C)CC3)c(F)c2)C(=O)O1. The molecule has 0 bridgehead atoms. The Morgan fingerprint density at radius 2 is 2.00 bits per heavy atom. The summed E-state index contributed by atoms with van der Waals surface area (Å²) in [7, 11) is 0. The topological polar surface area (TPSA) is 82.5 Å². The van der Waals surface area contributed by atoms with Gasteiger partial charge >= 0.3 is 12.2 Å². The van der Waals surface area contributed by atoms with Crippen LogP contribution in [0, 0.1) is 18.2 Å². The number of piperazine rings is 1. The van der Waals surface area contributed by atoms with E-state index in [0.717, 1.165) is 0 Å². The molecular formula is C21H26FN3O5. The van der Waals surface area contributed by atoms with E-state index in [4.69, 9.17) is 15.9 Å². The van der Waals surface area contributed by atoms with Crippen molar-refractivity contribution in [2.75, 3.05) is 42.5 Å². The van der Waals surface area contributed by atoms with Crippen LogP contribution >= 0.6 is 0 Å². The maximum absolute atomic E-state index is 14.8. The van der Waals surface area contributed by atoms with Crippen molar-refractivity contribution in [3.63, 3.8) is 0 Å². The monoisotopic (exact) mass is 419 g/mol. The van der Waals surface area contributed by atoms with Gasteiger partial charge < -0.3 is 24.4 Å². The maximum Gasteiger partial charge on any atom is 0.414 e. The number of halogens is 1. The number of aliphatic hydroxyl groups excluding tert-OH is 1. The fraction of sp³-hybridized carbons (Fsp3) is 0.524. The lowest BCUT2D eigenvalue weighted by Gasteiger charge is -2.37. The summed E-state index contributed by atoms with van der Waals surface area (Å²) < 4.78 is 25.2.